The molecule has 20 heavy (non-hydrogen) atoms. The van der Waals surface area contributed by atoms with Gasteiger partial charge in [0.25, 0.3) is 0 Å². The van der Waals surface area contributed by atoms with Gasteiger partial charge in [-0.05, 0) is 19.3 Å². The van der Waals surface area contributed by atoms with Gasteiger partial charge in [0.05, 0.1) is 32.3 Å². The minimum atomic E-state index is -0.726. The summed E-state index contributed by atoms with van der Waals surface area (Å²) in [6.07, 6.45) is 4.40. The van der Waals surface area contributed by atoms with Crippen LogP contribution in [0.4, 0.5) is 0 Å². The lowest BCUT2D eigenvalue weighted by Crippen LogP contribution is -2.17. The lowest BCUT2D eigenvalue weighted by molar-refractivity contribution is -0.142. The zero-order chi connectivity index (χ0) is 15.1. The molecule has 0 saturated heterocycles. The molecule has 0 rings (SSSR count). The van der Waals surface area contributed by atoms with E-state index in [0.717, 1.165) is 25.9 Å². The highest BCUT2D eigenvalue weighted by atomic mass is 16.5. The van der Waals surface area contributed by atoms with Crippen molar-refractivity contribution in [2.75, 3.05) is 39.6 Å². The van der Waals surface area contributed by atoms with E-state index in [0.29, 0.717) is 45.9 Å². The normalized spacial score (nSPS) is 12.5. The number of carboxylic acids is 1. The average Bonchev–Trinajstić information content (AvgIpc) is 2.43. The van der Waals surface area contributed by atoms with E-state index < -0.39 is 5.97 Å². The molecule has 0 aromatic rings. The lowest BCUT2D eigenvalue weighted by atomic mass is 10.0. The summed E-state index contributed by atoms with van der Waals surface area (Å²) >= 11 is 0. The van der Waals surface area contributed by atoms with Crippen LogP contribution in [0.25, 0.3) is 0 Å². The monoisotopic (exact) mass is 290 g/mol. The van der Waals surface area contributed by atoms with E-state index in [4.69, 9.17) is 19.3 Å². The van der Waals surface area contributed by atoms with Crippen LogP contribution in [0.5, 0.6) is 0 Å². The van der Waals surface area contributed by atoms with Gasteiger partial charge >= 0.3 is 5.97 Å². The maximum atomic E-state index is 10.9. The van der Waals surface area contributed by atoms with E-state index in [1.54, 1.807) is 0 Å². The SMILES string of the molecule is CCCCOCCOCCOCCC(CCC)C(=O)O. The van der Waals surface area contributed by atoms with Gasteiger partial charge in [-0.3, -0.25) is 4.79 Å². The Bertz CT molecular complexity index is 220. The van der Waals surface area contributed by atoms with E-state index in [-0.39, 0.29) is 5.92 Å². The van der Waals surface area contributed by atoms with Gasteiger partial charge in [0.2, 0.25) is 0 Å². The second-order valence-corrected chi connectivity index (χ2v) is 4.80. The first kappa shape index (κ1) is 19.4. The first-order valence-electron chi connectivity index (χ1n) is 7.68. The van der Waals surface area contributed by atoms with Crippen molar-refractivity contribution in [2.45, 2.75) is 46.0 Å². The van der Waals surface area contributed by atoms with Crippen molar-refractivity contribution < 1.29 is 24.1 Å². The molecule has 0 aromatic heterocycles. The van der Waals surface area contributed by atoms with Crippen LogP contribution in [0.1, 0.15) is 46.0 Å². The molecule has 120 valence electrons. The average molecular weight is 290 g/mol. The molecule has 0 aliphatic rings. The smallest absolute Gasteiger partial charge is 0.306 e. The van der Waals surface area contributed by atoms with Gasteiger partial charge in [0.1, 0.15) is 0 Å². The number of carbonyl (C=O) groups is 1. The zero-order valence-electron chi connectivity index (χ0n) is 12.9. The van der Waals surface area contributed by atoms with E-state index in [1.807, 2.05) is 6.92 Å². The van der Waals surface area contributed by atoms with Crippen LogP contribution in [-0.4, -0.2) is 50.7 Å². The van der Waals surface area contributed by atoms with Crippen LogP contribution in [0.15, 0.2) is 0 Å². The Morgan fingerprint density at radius 1 is 0.850 bits per heavy atom. The van der Waals surface area contributed by atoms with Crippen molar-refractivity contribution in [1.29, 1.82) is 0 Å². The molecular weight excluding hydrogens is 260 g/mol. The van der Waals surface area contributed by atoms with Crippen molar-refractivity contribution >= 4 is 5.97 Å². The third-order valence-electron chi connectivity index (χ3n) is 2.98. The van der Waals surface area contributed by atoms with Crippen LogP contribution in [-0.2, 0) is 19.0 Å². The van der Waals surface area contributed by atoms with Crippen molar-refractivity contribution in [3.63, 3.8) is 0 Å². The molecule has 0 bridgehead atoms. The fraction of sp³-hybridized carbons (Fsp3) is 0.933. The summed E-state index contributed by atoms with van der Waals surface area (Å²) in [4.78, 5) is 10.9. The van der Waals surface area contributed by atoms with Gasteiger partial charge in [0.15, 0.2) is 0 Å². The Kier molecular flexibility index (Phi) is 14.3. The molecule has 0 radical (unpaired) electrons. The van der Waals surface area contributed by atoms with Crippen LogP contribution in [0.2, 0.25) is 0 Å². The highest BCUT2D eigenvalue weighted by Gasteiger charge is 2.15. The molecule has 0 amide bonds. The largest absolute Gasteiger partial charge is 0.481 e. The molecular formula is C15H30O5. The van der Waals surface area contributed by atoms with Crippen molar-refractivity contribution in [3.05, 3.63) is 0 Å². The number of ether oxygens (including phenoxy) is 3. The Labute approximate surface area is 122 Å². The maximum absolute atomic E-state index is 10.9. The lowest BCUT2D eigenvalue weighted by Gasteiger charge is -2.11. The number of hydrogen-bond donors (Lipinski definition) is 1. The molecule has 0 aliphatic carbocycles. The maximum Gasteiger partial charge on any atom is 0.306 e. The summed E-state index contributed by atoms with van der Waals surface area (Å²) < 4.78 is 16.1. The van der Waals surface area contributed by atoms with E-state index in [2.05, 4.69) is 6.92 Å². The predicted molar refractivity (Wildman–Crippen MR) is 78.0 cm³/mol. The molecule has 5 heteroatoms. The van der Waals surface area contributed by atoms with Crippen LogP contribution in [0.3, 0.4) is 0 Å². The summed E-state index contributed by atoms with van der Waals surface area (Å²) in [5.74, 6) is -1.01. The molecule has 0 fully saturated rings. The molecule has 5 nitrogen and oxygen atoms in total. The van der Waals surface area contributed by atoms with Gasteiger partial charge in [0, 0.05) is 13.2 Å². The molecule has 1 N–H and O–H groups in total. The fourth-order valence-electron chi connectivity index (χ4n) is 1.75. The number of unbranched alkanes of at least 4 members (excludes halogenated alkanes) is 1. The molecule has 1 unspecified atom stereocenters. The summed E-state index contributed by atoms with van der Waals surface area (Å²) in [6.45, 7) is 7.64. The van der Waals surface area contributed by atoms with E-state index in [9.17, 15) is 4.79 Å². The van der Waals surface area contributed by atoms with E-state index >= 15 is 0 Å². The van der Waals surface area contributed by atoms with Crippen molar-refractivity contribution in [2.24, 2.45) is 5.92 Å². The van der Waals surface area contributed by atoms with Gasteiger partial charge in [-0.2, -0.15) is 0 Å². The van der Waals surface area contributed by atoms with Crippen LogP contribution in [0, 0.1) is 5.92 Å². The topological polar surface area (TPSA) is 65.0 Å². The van der Waals surface area contributed by atoms with Gasteiger partial charge in [-0.15, -0.1) is 0 Å². The third-order valence-corrected chi connectivity index (χ3v) is 2.98. The second kappa shape index (κ2) is 14.8. The highest BCUT2D eigenvalue weighted by molar-refractivity contribution is 5.69. The number of rotatable bonds is 15. The first-order valence-corrected chi connectivity index (χ1v) is 7.68. The number of carboxylic acid groups (broad SMARTS) is 1. The van der Waals surface area contributed by atoms with Gasteiger partial charge in [-0.1, -0.05) is 26.7 Å². The zero-order valence-corrected chi connectivity index (χ0v) is 12.9. The fourth-order valence-corrected chi connectivity index (χ4v) is 1.75. The standard InChI is InChI=1S/C15H30O5/c1-3-5-8-18-10-12-20-13-11-19-9-7-14(6-4-2)15(16)17/h14H,3-13H2,1-2H3,(H,16,17). The minimum Gasteiger partial charge on any atom is -0.481 e. The molecule has 0 saturated carbocycles. The summed E-state index contributed by atoms with van der Waals surface area (Å²) in [5.41, 5.74) is 0. The molecule has 1 atom stereocenters. The Morgan fingerprint density at radius 2 is 1.40 bits per heavy atom. The van der Waals surface area contributed by atoms with Gasteiger partial charge < -0.3 is 19.3 Å². The quantitative estimate of drug-likeness (QED) is 0.470. The number of hydrogen-bond acceptors (Lipinski definition) is 4. The summed E-state index contributed by atoms with van der Waals surface area (Å²) in [7, 11) is 0. The predicted octanol–water partition coefficient (Wildman–Crippen LogP) is 2.73. The Balaban J connectivity index is 3.25. The first-order chi connectivity index (χ1) is 9.72. The molecule has 0 heterocycles. The van der Waals surface area contributed by atoms with Crippen LogP contribution >= 0.6 is 0 Å². The second-order valence-electron chi connectivity index (χ2n) is 4.80. The van der Waals surface area contributed by atoms with Crippen LogP contribution < -0.4 is 0 Å². The summed E-state index contributed by atoms with van der Waals surface area (Å²) in [5, 5.41) is 8.97. The van der Waals surface area contributed by atoms with Crippen molar-refractivity contribution in [1.82, 2.24) is 0 Å². The Hall–Kier alpha value is -0.650. The molecule has 0 spiro atoms. The molecule has 0 aliphatic heterocycles. The molecule has 0 aromatic carbocycles. The third kappa shape index (κ3) is 12.4. The van der Waals surface area contributed by atoms with E-state index in [1.165, 1.54) is 0 Å². The van der Waals surface area contributed by atoms with Crippen molar-refractivity contribution in [3.8, 4) is 0 Å². The highest BCUT2D eigenvalue weighted by Crippen LogP contribution is 2.11. The number of aliphatic carboxylic acids is 1. The minimum absolute atomic E-state index is 0.284. The summed E-state index contributed by atoms with van der Waals surface area (Å²) in [6, 6.07) is 0. The Morgan fingerprint density at radius 3 is 1.90 bits per heavy atom. The van der Waals surface area contributed by atoms with Gasteiger partial charge in [-0.25, -0.2) is 0 Å².